The number of carbonyl (C=O) groups excluding carboxylic acids is 2. The number of sulfonamides is 1. The first-order chi connectivity index (χ1) is 18.9. The van der Waals surface area contributed by atoms with Crippen molar-refractivity contribution in [3.8, 4) is 0 Å². The van der Waals surface area contributed by atoms with Crippen LogP contribution in [0.1, 0.15) is 56.7 Å². The van der Waals surface area contributed by atoms with Crippen LogP contribution in [0.15, 0.2) is 77.7 Å². The van der Waals surface area contributed by atoms with Crippen LogP contribution in [0.25, 0.3) is 0 Å². The number of hydrogen-bond donors (Lipinski definition) is 1. The smallest absolute Gasteiger partial charge is 0.264 e. The van der Waals surface area contributed by atoms with Crippen molar-refractivity contribution in [3.63, 3.8) is 0 Å². The van der Waals surface area contributed by atoms with E-state index in [1.54, 1.807) is 55.5 Å². The molecule has 3 rings (SSSR count). The van der Waals surface area contributed by atoms with Crippen molar-refractivity contribution < 1.29 is 18.0 Å². The molecule has 1 atom stereocenters. The number of rotatable bonds is 12. The quantitative estimate of drug-likeness (QED) is 0.287. The lowest BCUT2D eigenvalue weighted by atomic mass is 10.0. The highest BCUT2D eigenvalue weighted by atomic mass is 35.5. The fraction of sp³-hybridized carbons (Fsp3) is 0.355. The summed E-state index contributed by atoms with van der Waals surface area (Å²) in [7, 11) is -4.10. The van der Waals surface area contributed by atoms with Crippen LogP contribution < -0.4 is 9.62 Å². The Morgan fingerprint density at radius 2 is 1.50 bits per heavy atom. The van der Waals surface area contributed by atoms with Gasteiger partial charge in [-0.1, -0.05) is 74.3 Å². The van der Waals surface area contributed by atoms with E-state index >= 15 is 0 Å². The van der Waals surface area contributed by atoms with Crippen molar-refractivity contribution in [2.75, 3.05) is 17.4 Å². The molecule has 0 spiro atoms. The zero-order valence-corrected chi connectivity index (χ0v) is 25.3. The Hall–Kier alpha value is -3.36. The van der Waals surface area contributed by atoms with Crippen LogP contribution in [0.4, 0.5) is 5.69 Å². The van der Waals surface area contributed by atoms with E-state index in [9.17, 15) is 18.0 Å². The van der Waals surface area contributed by atoms with Crippen molar-refractivity contribution in [2.45, 2.75) is 64.4 Å². The summed E-state index contributed by atoms with van der Waals surface area (Å²) in [6.45, 7) is 9.69. The maximum atomic E-state index is 13.9. The zero-order chi connectivity index (χ0) is 29.4. The van der Waals surface area contributed by atoms with E-state index in [1.807, 2.05) is 26.0 Å². The van der Waals surface area contributed by atoms with Crippen LogP contribution in [0.2, 0.25) is 5.02 Å². The average Bonchev–Trinajstić information content (AvgIpc) is 2.94. The van der Waals surface area contributed by atoms with Gasteiger partial charge in [-0.2, -0.15) is 0 Å². The van der Waals surface area contributed by atoms with E-state index in [0.29, 0.717) is 17.3 Å². The first kappa shape index (κ1) is 31.2. The zero-order valence-electron chi connectivity index (χ0n) is 23.7. The lowest BCUT2D eigenvalue weighted by Gasteiger charge is -2.32. The van der Waals surface area contributed by atoms with E-state index in [4.69, 9.17) is 11.6 Å². The van der Waals surface area contributed by atoms with Crippen molar-refractivity contribution >= 4 is 39.1 Å². The average molecular weight is 584 g/mol. The summed E-state index contributed by atoms with van der Waals surface area (Å²) in [5.41, 5.74) is 3.10. The number of nitrogens with zero attached hydrogens (tertiary/aromatic N) is 2. The molecule has 0 heterocycles. The molecule has 1 N–H and O–H groups in total. The third-order valence-electron chi connectivity index (χ3n) is 6.72. The van der Waals surface area contributed by atoms with Crippen LogP contribution in [0, 0.1) is 6.92 Å². The monoisotopic (exact) mass is 583 g/mol. The van der Waals surface area contributed by atoms with Gasteiger partial charge >= 0.3 is 0 Å². The maximum absolute atomic E-state index is 13.9. The van der Waals surface area contributed by atoms with E-state index in [-0.39, 0.29) is 23.3 Å². The fourth-order valence-corrected chi connectivity index (χ4v) is 5.70. The molecule has 0 aromatic heterocycles. The van der Waals surface area contributed by atoms with Gasteiger partial charge in [0, 0.05) is 18.1 Å². The summed E-state index contributed by atoms with van der Waals surface area (Å²) >= 11 is 6.05. The largest absolute Gasteiger partial charge is 0.354 e. The van der Waals surface area contributed by atoms with Gasteiger partial charge in [-0.15, -0.1) is 0 Å². The Kier molecular flexibility index (Phi) is 10.8. The number of benzene rings is 3. The maximum Gasteiger partial charge on any atom is 0.264 e. The first-order valence-electron chi connectivity index (χ1n) is 13.4. The summed E-state index contributed by atoms with van der Waals surface area (Å²) in [6.07, 6.45) is 0.749. The number of amides is 2. The Labute approximate surface area is 243 Å². The molecule has 0 aliphatic rings. The summed E-state index contributed by atoms with van der Waals surface area (Å²) < 4.78 is 29.0. The molecular formula is C31H38ClN3O4S. The molecular weight excluding hydrogens is 546 g/mol. The van der Waals surface area contributed by atoms with Gasteiger partial charge in [-0.3, -0.25) is 13.9 Å². The molecule has 0 saturated heterocycles. The number of aryl methyl sites for hydroxylation is 1. The third-order valence-corrected chi connectivity index (χ3v) is 8.76. The summed E-state index contributed by atoms with van der Waals surface area (Å²) in [4.78, 5) is 28.4. The normalized spacial score (nSPS) is 12.2. The van der Waals surface area contributed by atoms with Gasteiger partial charge in [0.15, 0.2) is 0 Å². The van der Waals surface area contributed by atoms with Crippen molar-refractivity contribution in [3.05, 3.63) is 94.5 Å². The van der Waals surface area contributed by atoms with Crippen LogP contribution >= 0.6 is 11.6 Å². The van der Waals surface area contributed by atoms with Gasteiger partial charge in [0.05, 0.1) is 10.6 Å². The molecule has 0 bridgehead atoms. The Morgan fingerprint density at radius 1 is 0.900 bits per heavy atom. The Morgan fingerprint density at radius 3 is 2.05 bits per heavy atom. The number of nitrogens with one attached hydrogen (secondary N) is 1. The van der Waals surface area contributed by atoms with E-state index in [0.717, 1.165) is 27.4 Å². The highest BCUT2D eigenvalue weighted by Gasteiger charge is 2.32. The van der Waals surface area contributed by atoms with Crippen LogP contribution in [0.3, 0.4) is 0 Å². The highest BCUT2D eigenvalue weighted by Crippen LogP contribution is 2.27. The molecule has 3 aromatic rings. The van der Waals surface area contributed by atoms with Gasteiger partial charge < -0.3 is 10.2 Å². The molecule has 2 amide bonds. The highest BCUT2D eigenvalue weighted by molar-refractivity contribution is 7.92. The van der Waals surface area contributed by atoms with Gasteiger partial charge in [0.1, 0.15) is 12.6 Å². The molecule has 40 heavy (non-hydrogen) atoms. The minimum atomic E-state index is -4.10. The first-order valence-corrected chi connectivity index (χ1v) is 15.3. The molecule has 0 fully saturated rings. The number of halogens is 1. The molecule has 7 nitrogen and oxygen atoms in total. The van der Waals surface area contributed by atoms with Crippen LogP contribution in [-0.4, -0.2) is 44.3 Å². The SMILES string of the molecule is CCCNC(=O)C(C)N(Cc1ccc(Cl)cc1)C(=O)CN(c1ccc(C(C)C)cc1)S(=O)(=O)c1ccc(C)cc1. The summed E-state index contributed by atoms with van der Waals surface area (Å²) in [5.74, 6) is -0.550. The second-order valence-corrected chi connectivity index (χ2v) is 12.5. The molecule has 0 aliphatic carbocycles. The van der Waals surface area contributed by atoms with Gasteiger partial charge in [0.25, 0.3) is 10.0 Å². The Bertz CT molecular complexity index is 1390. The summed E-state index contributed by atoms with van der Waals surface area (Å²) in [5, 5.41) is 3.39. The molecule has 0 saturated carbocycles. The summed E-state index contributed by atoms with van der Waals surface area (Å²) in [6, 6.07) is 19.9. The van der Waals surface area contributed by atoms with Gasteiger partial charge in [-0.05, 0) is 73.7 Å². The predicted molar refractivity (Wildman–Crippen MR) is 161 cm³/mol. The van der Waals surface area contributed by atoms with Gasteiger partial charge in [0.2, 0.25) is 11.8 Å². The minimum Gasteiger partial charge on any atom is -0.354 e. The Balaban J connectivity index is 2.03. The molecule has 9 heteroatoms. The van der Waals surface area contributed by atoms with Gasteiger partial charge in [-0.25, -0.2) is 8.42 Å². The van der Waals surface area contributed by atoms with Crippen LogP contribution in [-0.2, 0) is 26.2 Å². The number of anilines is 1. The molecule has 0 aliphatic heterocycles. The second kappa shape index (κ2) is 13.8. The van der Waals surface area contributed by atoms with Crippen molar-refractivity contribution in [1.29, 1.82) is 0 Å². The van der Waals surface area contributed by atoms with Crippen molar-refractivity contribution in [2.24, 2.45) is 0 Å². The fourth-order valence-electron chi connectivity index (χ4n) is 4.16. The number of hydrogen-bond acceptors (Lipinski definition) is 4. The topological polar surface area (TPSA) is 86.8 Å². The van der Waals surface area contributed by atoms with E-state index < -0.39 is 28.5 Å². The van der Waals surface area contributed by atoms with Crippen LogP contribution in [0.5, 0.6) is 0 Å². The second-order valence-electron chi connectivity index (χ2n) is 10.2. The third kappa shape index (κ3) is 7.86. The minimum absolute atomic E-state index is 0.0804. The molecule has 214 valence electrons. The molecule has 3 aromatic carbocycles. The van der Waals surface area contributed by atoms with E-state index in [2.05, 4.69) is 19.2 Å². The lowest BCUT2D eigenvalue weighted by molar-refractivity contribution is -0.139. The van der Waals surface area contributed by atoms with Crippen molar-refractivity contribution in [1.82, 2.24) is 10.2 Å². The predicted octanol–water partition coefficient (Wildman–Crippen LogP) is 5.91. The molecule has 0 radical (unpaired) electrons. The standard InChI is InChI=1S/C31H38ClN3O4S/c1-6-19-33-31(37)24(5)34(20-25-9-13-27(32)14-10-25)30(36)21-35(28-15-11-26(12-16-28)22(2)3)40(38,39)29-17-7-23(4)8-18-29/h7-18,22,24H,6,19-21H2,1-5H3,(H,33,37). The van der Waals surface area contributed by atoms with E-state index in [1.165, 1.54) is 17.0 Å². The lowest BCUT2D eigenvalue weighted by Crippen LogP contribution is -2.51. The molecule has 1 unspecified atom stereocenters. The number of carbonyl (C=O) groups is 2.